The molecule has 1 unspecified atom stereocenters. The molecule has 1 aliphatic rings. The maximum atomic E-state index is 13.3. The largest absolute Gasteiger partial charge is 0.380 e. The molecule has 0 radical (unpaired) electrons. The molecule has 5 nitrogen and oxygen atoms in total. The molecule has 0 aromatic heterocycles. The number of anilines is 1. The van der Waals surface area contributed by atoms with E-state index < -0.39 is 16.4 Å². The summed E-state index contributed by atoms with van der Waals surface area (Å²) in [6.07, 6.45) is 1.92. The molecular weight excluding hydrogens is 227 g/mol. The van der Waals surface area contributed by atoms with E-state index in [1.807, 2.05) is 0 Å². The Morgan fingerprint density at radius 3 is 2.94 bits per heavy atom. The fourth-order valence-corrected chi connectivity index (χ4v) is 1.84. The van der Waals surface area contributed by atoms with E-state index in [9.17, 15) is 14.5 Å². The average molecular weight is 240 g/mol. The predicted octanol–water partition coefficient (Wildman–Crippen LogP) is 2.32. The summed E-state index contributed by atoms with van der Waals surface area (Å²) in [7, 11) is 0. The first-order valence-electron chi connectivity index (χ1n) is 5.45. The van der Waals surface area contributed by atoms with Gasteiger partial charge in [0, 0.05) is 30.5 Å². The highest BCUT2D eigenvalue weighted by atomic mass is 19.1. The number of nitro benzene ring substituents is 1. The molecule has 0 spiro atoms. The van der Waals surface area contributed by atoms with Gasteiger partial charge in [0.1, 0.15) is 0 Å². The zero-order valence-electron chi connectivity index (χ0n) is 9.19. The van der Waals surface area contributed by atoms with Crippen molar-refractivity contribution in [3.05, 3.63) is 34.1 Å². The van der Waals surface area contributed by atoms with Crippen LogP contribution in [0.15, 0.2) is 18.2 Å². The normalized spacial score (nSPS) is 19.9. The summed E-state index contributed by atoms with van der Waals surface area (Å²) in [5.41, 5.74) is 0.0408. The van der Waals surface area contributed by atoms with Gasteiger partial charge >= 0.3 is 5.69 Å². The van der Waals surface area contributed by atoms with Gasteiger partial charge in [-0.25, -0.2) is 0 Å². The Balaban J connectivity index is 2.06. The van der Waals surface area contributed by atoms with Crippen molar-refractivity contribution in [1.82, 2.24) is 0 Å². The maximum absolute atomic E-state index is 13.3. The van der Waals surface area contributed by atoms with Crippen LogP contribution in [0.4, 0.5) is 15.8 Å². The molecule has 0 aliphatic carbocycles. The number of ether oxygens (including phenoxy) is 1. The Kier molecular flexibility index (Phi) is 3.53. The highest BCUT2D eigenvalue weighted by Crippen LogP contribution is 2.22. The van der Waals surface area contributed by atoms with Crippen molar-refractivity contribution in [3.63, 3.8) is 0 Å². The fourth-order valence-electron chi connectivity index (χ4n) is 1.84. The molecule has 1 fully saturated rings. The molecule has 92 valence electrons. The van der Waals surface area contributed by atoms with Gasteiger partial charge < -0.3 is 10.1 Å². The van der Waals surface area contributed by atoms with Gasteiger partial charge in [0.15, 0.2) is 0 Å². The minimum atomic E-state index is -0.822. The van der Waals surface area contributed by atoms with Gasteiger partial charge in [-0.2, -0.15) is 4.39 Å². The minimum Gasteiger partial charge on any atom is -0.380 e. The molecule has 1 heterocycles. The molecular formula is C11H13FN2O3. The van der Waals surface area contributed by atoms with Crippen LogP contribution in [0.2, 0.25) is 0 Å². The predicted molar refractivity (Wildman–Crippen MR) is 60.5 cm³/mol. The lowest BCUT2D eigenvalue weighted by molar-refractivity contribution is -0.387. The SMILES string of the molecule is O=[N+]([O-])c1ccc(NC2CCCOC2)cc1F. The molecule has 2 rings (SSSR count). The van der Waals surface area contributed by atoms with E-state index in [0.29, 0.717) is 12.3 Å². The van der Waals surface area contributed by atoms with E-state index in [4.69, 9.17) is 4.74 Å². The van der Waals surface area contributed by atoms with Crippen LogP contribution >= 0.6 is 0 Å². The number of hydrogen-bond donors (Lipinski definition) is 1. The lowest BCUT2D eigenvalue weighted by Gasteiger charge is -2.24. The van der Waals surface area contributed by atoms with Gasteiger partial charge in [-0.15, -0.1) is 0 Å². The van der Waals surface area contributed by atoms with Crippen LogP contribution in [0.5, 0.6) is 0 Å². The van der Waals surface area contributed by atoms with Crippen molar-refractivity contribution in [2.75, 3.05) is 18.5 Å². The van der Waals surface area contributed by atoms with Gasteiger partial charge in [0.25, 0.3) is 0 Å². The molecule has 1 aromatic carbocycles. The Bertz CT molecular complexity index is 419. The topological polar surface area (TPSA) is 64.4 Å². The third-order valence-corrected chi connectivity index (χ3v) is 2.68. The number of nitrogens with zero attached hydrogens (tertiary/aromatic N) is 1. The van der Waals surface area contributed by atoms with Crippen molar-refractivity contribution < 1.29 is 14.1 Å². The molecule has 1 saturated heterocycles. The van der Waals surface area contributed by atoms with Crippen molar-refractivity contribution in [3.8, 4) is 0 Å². The number of benzene rings is 1. The molecule has 17 heavy (non-hydrogen) atoms. The van der Waals surface area contributed by atoms with E-state index in [0.717, 1.165) is 25.5 Å². The molecule has 0 bridgehead atoms. The highest BCUT2D eigenvalue weighted by molar-refractivity contribution is 5.50. The summed E-state index contributed by atoms with van der Waals surface area (Å²) in [5, 5.41) is 13.5. The second-order valence-electron chi connectivity index (χ2n) is 3.98. The highest BCUT2D eigenvalue weighted by Gasteiger charge is 2.17. The first kappa shape index (κ1) is 11.8. The minimum absolute atomic E-state index is 0.143. The summed E-state index contributed by atoms with van der Waals surface area (Å²) < 4.78 is 18.6. The second-order valence-corrected chi connectivity index (χ2v) is 3.98. The smallest absolute Gasteiger partial charge is 0.304 e. The van der Waals surface area contributed by atoms with E-state index in [-0.39, 0.29) is 6.04 Å². The molecule has 0 saturated carbocycles. The van der Waals surface area contributed by atoms with Crippen LogP contribution in [0.3, 0.4) is 0 Å². The number of nitrogens with one attached hydrogen (secondary N) is 1. The standard InChI is InChI=1S/C11H13FN2O3/c12-10-6-8(3-4-11(10)14(15)16)13-9-2-1-5-17-7-9/h3-4,6,9,13H,1-2,5,7H2. The maximum Gasteiger partial charge on any atom is 0.304 e. The van der Waals surface area contributed by atoms with Crippen molar-refractivity contribution in [2.24, 2.45) is 0 Å². The Hall–Kier alpha value is -1.69. The van der Waals surface area contributed by atoms with Gasteiger partial charge in [0.2, 0.25) is 5.82 Å². The van der Waals surface area contributed by atoms with Crippen molar-refractivity contribution in [1.29, 1.82) is 0 Å². The zero-order valence-corrected chi connectivity index (χ0v) is 9.19. The number of halogens is 1. The summed E-state index contributed by atoms with van der Waals surface area (Å²) in [6, 6.07) is 3.97. The molecule has 1 N–H and O–H groups in total. The lowest BCUT2D eigenvalue weighted by Crippen LogP contribution is -2.29. The molecule has 1 atom stereocenters. The number of rotatable bonds is 3. The Morgan fingerprint density at radius 2 is 2.35 bits per heavy atom. The quantitative estimate of drug-likeness (QED) is 0.650. The summed E-state index contributed by atoms with van der Waals surface area (Å²) in [6.45, 7) is 1.34. The molecule has 1 aromatic rings. The number of hydrogen-bond acceptors (Lipinski definition) is 4. The molecule has 0 amide bonds. The lowest BCUT2D eigenvalue weighted by atomic mass is 10.1. The third-order valence-electron chi connectivity index (χ3n) is 2.68. The third kappa shape index (κ3) is 2.91. The molecule has 6 heteroatoms. The van der Waals surface area contributed by atoms with Crippen LogP contribution in [0.25, 0.3) is 0 Å². The van der Waals surface area contributed by atoms with E-state index in [1.165, 1.54) is 12.1 Å². The van der Waals surface area contributed by atoms with Gasteiger partial charge in [-0.3, -0.25) is 10.1 Å². The van der Waals surface area contributed by atoms with E-state index >= 15 is 0 Å². The average Bonchev–Trinajstić information content (AvgIpc) is 2.30. The Morgan fingerprint density at radius 1 is 1.53 bits per heavy atom. The van der Waals surface area contributed by atoms with Gasteiger partial charge in [-0.1, -0.05) is 0 Å². The van der Waals surface area contributed by atoms with Crippen LogP contribution < -0.4 is 5.32 Å². The van der Waals surface area contributed by atoms with Crippen molar-refractivity contribution >= 4 is 11.4 Å². The summed E-state index contributed by atoms with van der Waals surface area (Å²) in [4.78, 5) is 9.71. The first-order valence-corrected chi connectivity index (χ1v) is 5.45. The Labute approximate surface area is 97.7 Å². The van der Waals surface area contributed by atoms with Crippen LogP contribution in [0.1, 0.15) is 12.8 Å². The zero-order chi connectivity index (χ0) is 12.3. The molecule has 1 aliphatic heterocycles. The number of nitro groups is 1. The monoisotopic (exact) mass is 240 g/mol. The van der Waals surface area contributed by atoms with Crippen LogP contribution in [0, 0.1) is 15.9 Å². The van der Waals surface area contributed by atoms with Crippen LogP contribution in [-0.2, 0) is 4.74 Å². The summed E-state index contributed by atoms with van der Waals surface area (Å²) >= 11 is 0. The van der Waals surface area contributed by atoms with E-state index in [2.05, 4.69) is 5.32 Å². The summed E-state index contributed by atoms with van der Waals surface area (Å²) in [5.74, 6) is -0.822. The van der Waals surface area contributed by atoms with Crippen molar-refractivity contribution in [2.45, 2.75) is 18.9 Å². The second kappa shape index (κ2) is 5.09. The fraction of sp³-hybridized carbons (Fsp3) is 0.455. The van der Waals surface area contributed by atoms with Gasteiger partial charge in [-0.05, 0) is 18.9 Å². The van der Waals surface area contributed by atoms with Crippen LogP contribution in [-0.4, -0.2) is 24.2 Å². The van der Waals surface area contributed by atoms with Gasteiger partial charge in [0.05, 0.1) is 11.5 Å². The van der Waals surface area contributed by atoms with E-state index in [1.54, 1.807) is 0 Å². The first-order chi connectivity index (χ1) is 8.16.